The molecule has 3 aromatic rings. The molecule has 6 heteroatoms. The molecule has 4 nitrogen and oxygen atoms in total. The zero-order chi connectivity index (χ0) is 26.1. The van der Waals surface area contributed by atoms with Crippen LogP contribution in [-0.4, -0.2) is 34.0 Å². The molecule has 0 aliphatic heterocycles. The van der Waals surface area contributed by atoms with Crippen LogP contribution >= 0.6 is 11.8 Å². The predicted molar refractivity (Wildman–Crippen MR) is 146 cm³/mol. The third-order valence-electron chi connectivity index (χ3n) is 5.61. The average Bonchev–Trinajstić information content (AvgIpc) is 2.82. The number of hydrogen-bond acceptors (Lipinski definition) is 3. The number of nitrogens with one attached hydrogen (secondary N) is 1. The number of nitrogens with zero attached hydrogens (tertiary/aromatic N) is 1. The first kappa shape index (κ1) is 27.5. The molecule has 0 saturated heterocycles. The average molecular weight is 507 g/mol. The Kier molecular flexibility index (Phi) is 9.71. The summed E-state index contributed by atoms with van der Waals surface area (Å²) < 4.78 is 13.2. The predicted octanol–water partition coefficient (Wildman–Crippen LogP) is 5.92. The minimum absolute atomic E-state index is 0.103. The second kappa shape index (κ2) is 12.7. The lowest BCUT2D eigenvalue weighted by molar-refractivity contribution is -0.140. The van der Waals surface area contributed by atoms with Crippen LogP contribution < -0.4 is 5.32 Å². The van der Waals surface area contributed by atoms with Gasteiger partial charge in [0.2, 0.25) is 11.8 Å². The summed E-state index contributed by atoms with van der Waals surface area (Å²) in [6, 6.07) is 23.5. The fourth-order valence-corrected chi connectivity index (χ4v) is 4.80. The van der Waals surface area contributed by atoms with Crippen molar-refractivity contribution in [2.75, 3.05) is 5.75 Å². The van der Waals surface area contributed by atoms with Gasteiger partial charge in [-0.15, -0.1) is 11.8 Å². The van der Waals surface area contributed by atoms with E-state index in [4.69, 9.17) is 0 Å². The molecule has 2 amide bonds. The molecule has 3 rings (SSSR count). The van der Waals surface area contributed by atoms with Gasteiger partial charge in [0.1, 0.15) is 11.9 Å². The van der Waals surface area contributed by atoms with Gasteiger partial charge in [-0.25, -0.2) is 4.39 Å². The summed E-state index contributed by atoms with van der Waals surface area (Å²) in [5.74, 6) is 0.251. The summed E-state index contributed by atoms with van der Waals surface area (Å²) in [4.78, 5) is 28.9. The van der Waals surface area contributed by atoms with Gasteiger partial charge in [0.25, 0.3) is 0 Å². The number of rotatable bonds is 10. The number of hydrogen-bond donors (Lipinski definition) is 1. The summed E-state index contributed by atoms with van der Waals surface area (Å²) in [5.41, 5.74) is 3.60. The van der Waals surface area contributed by atoms with Gasteiger partial charge in [0, 0.05) is 24.3 Å². The van der Waals surface area contributed by atoms with E-state index in [1.807, 2.05) is 82.3 Å². The van der Waals surface area contributed by atoms with Crippen LogP contribution in [0.25, 0.3) is 0 Å². The fourth-order valence-electron chi connectivity index (χ4n) is 3.93. The molecule has 0 spiro atoms. The van der Waals surface area contributed by atoms with E-state index in [1.165, 1.54) is 23.9 Å². The molecule has 0 saturated carbocycles. The molecule has 0 bridgehead atoms. The van der Waals surface area contributed by atoms with Crippen LogP contribution in [0.15, 0.2) is 78.9 Å². The van der Waals surface area contributed by atoms with E-state index >= 15 is 0 Å². The lowest BCUT2D eigenvalue weighted by atomic mass is 10.0. The highest BCUT2D eigenvalue weighted by Gasteiger charge is 2.32. The van der Waals surface area contributed by atoms with Crippen molar-refractivity contribution in [2.45, 2.75) is 58.0 Å². The van der Waals surface area contributed by atoms with Crippen LogP contribution in [-0.2, 0) is 28.3 Å². The number of thioether (sulfide) groups is 1. The number of amides is 2. The maximum absolute atomic E-state index is 13.6. The Balaban J connectivity index is 1.86. The van der Waals surface area contributed by atoms with E-state index in [9.17, 15) is 14.0 Å². The summed E-state index contributed by atoms with van der Waals surface area (Å²) in [6.45, 7) is 8.18. The van der Waals surface area contributed by atoms with Crippen molar-refractivity contribution in [2.24, 2.45) is 0 Å². The van der Waals surface area contributed by atoms with Crippen LogP contribution in [0.4, 0.5) is 4.39 Å². The van der Waals surface area contributed by atoms with Gasteiger partial charge in [-0.1, -0.05) is 72.3 Å². The number of halogens is 1. The van der Waals surface area contributed by atoms with Crippen molar-refractivity contribution in [3.63, 3.8) is 0 Å². The second-order valence-corrected chi connectivity index (χ2v) is 11.1. The largest absolute Gasteiger partial charge is 0.350 e. The summed E-state index contributed by atoms with van der Waals surface area (Å²) in [7, 11) is 0. The van der Waals surface area contributed by atoms with Gasteiger partial charge < -0.3 is 10.2 Å². The highest BCUT2D eigenvalue weighted by atomic mass is 32.2. The van der Waals surface area contributed by atoms with E-state index in [-0.39, 0.29) is 23.4 Å². The van der Waals surface area contributed by atoms with Crippen LogP contribution in [0.1, 0.15) is 43.0 Å². The van der Waals surface area contributed by atoms with Gasteiger partial charge in [-0.3, -0.25) is 9.59 Å². The number of aryl methyl sites for hydroxylation is 1. The van der Waals surface area contributed by atoms with Crippen molar-refractivity contribution in [1.82, 2.24) is 10.2 Å². The van der Waals surface area contributed by atoms with Crippen LogP contribution in [0.3, 0.4) is 0 Å². The summed E-state index contributed by atoms with van der Waals surface area (Å²) in [5, 5.41) is 3.08. The van der Waals surface area contributed by atoms with Gasteiger partial charge >= 0.3 is 0 Å². The highest BCUT2D eigenvalue weighted by Crippen LogP contribution is 2.20. The number of carbonyl (C=O) groups is 2. The minimum atomic E-state index is -0.661. The molecule has 0 aliphatic carbocycles. The Labute approximate surface area is 218 Å². The van der Waals surface area contributed by atoms with Crippen molar-refractivity contribution < 1.29 is 14.0 Å². The van der Waals surface area contributed by atoms with E-state index in [0.29, 0.717) is 18.7 Å². The Bertz CT molecular complexity index is 1140. The molecule has 0 radical (unpaired) electrons. The standard InChI is InChI=1S/C30H35FN2O2S/c1-22-9-8-12-25(17-22)19-33(28(34)21-36-20-24-13-15-26(31)16-14-24)27(29(35)32-30(2,3)4)18-23-10-6-5-7-11-23/h5-17,27H,18-21H2,1-4H3,(H,32,35)/t27-/m0/s1. The molecular formula is C30H35FN2O2S. The van der Waals surface area contributed by atoms with Crippen molar-refractivity contribution in [3.05, 3.63) is 107 Å². The molecule has 190 valence electrons. The van der Waals surface area contributed by atoms with Crippen molar-refractivity contribution in [3.8, 4) is 0 Å². The first-order valence-corrected chi connectivity index (χ1v) is 13.3. The Hall–Kier alpha value is -3.12. The van der Waals surface area contributed by atoms with Crippen molar-refractivity contribution >= 4 is 23.6 Å². The van der Waals surface area contributed by atoms with E-state index in [0.717, 1.165) is 22.3 Å². The molecule has 36 heavy (non-hydrogen) atoms. The minimum Gasteiger partial charge on any atom is -0.350 e. The number of benzene rings is 3. The van der Waals surface area contributed by atoms with Gasteiger partial charge in [-0.05, 0) is 56.5 Å². The van der Waals surface area contributed by atoms with Crippen LogP contribution in [0, 0.1) is 12.7 Å². The summed E-state index contributed by atoms with van der Waals surface area (Å²) >= 11 is 1.47. The molecule has 3 aromatic carbocycles. The normalized spacial score (nSPS) is 12.1. The lowest BCUT2D eigenvalue weighted by Crippen LogP contribution is -2.54. The zero-order valence-electron chi connectivity index (χ0n) is 21.5. The van der Waals surface area contributed by atoms with E-state index in [2.05, 4.69) is 5.32 Å². The first-order valence-electron chi connectivity index (χ1n) is 12.1. The van der Waals surface area contributed by atoms with Gasteiger partial charge in [0.15, 0.2) is 0 Å². The molecule has 1 N–H and O–H groups in total. The molecule has 0 heterocycles. The third kappa shape index (κ3) is 8.83. The number of carbonyl (C=O) groups excluding carboxylic acids is 2. The Morgan fingerprint density at radius 1 is 0.917 bits per heavy atom. The summed E-state index contributed by atoms with van der Waals surface area (Å²) in [6.07, 6.45) is 0.420. The molecule has 1 atom stereocenters. The molecule has 0 aliphatic rings. The topological polar surface area (TPSA) is 49.4 Å². The van der Waals surface area contributed by atoms with Gasteiger partial charge in [-0.2, -0.15) is 0 Å². The van der Waals surface area contributed by atoms with E-state index in [1.54, 1.807) is 17.0 Å². The van der Waals surface area contributed by atoms with Crippen LogP contribution in [0.2, 0.25) is 0 Å². The molecular weight excluding hydrogens is 471 g/mol. The Morgan fingerprint density at radius 3 is 2.22 bits per heavy atom. The SMILES string of the molecule is Cc1cccc(CN(C(=O)CSCc2ccc(F)cc2)[C@@H](Cc2ccccc2)C(=O)NC(C)(C)C)c1. The maximum atomic E-state index is 13.6. The molecule has 0 aromatic heterocycles. The maximum Gasteiger partial charge on any atom is 0.243 e. The highest BCUT2D eigenvalue weighted by molar-refractivity contribution is 7.99. The van der Waals surface area contributed by atoms with Gasteiger partial charge in [0.05, 0.1) is 5.75 Å². The van der Waals surface area contributed by atoms with Crippen molar-refractivity contribution in [1.29, 1.82) is 0 Å². The lowest BCUT2D eigenvalue weighted by Gasteiger charge is -2.34. The quantitative estimate of drug-likeness (QED) is 0.371. The fraction of sp³-hybridized carbons (Fsp3) is 0.333. The molecule has 0 fully saturated rings. The Morgan fingerprint density at radius 2 is 1.58 bits per heavy atom. The van der Waals surface area contributed by atoms with E-state index < -0.39 is 11.6 Å². The smallest absolute Gasteiger partial charge is 0.243 e. The third-order valence-corrected chi connectivity index (χ3v) is 6.60. The second-order valence-electron chi connectivity index (χ2n) is 10.1. The zero-order valence-corrected chi connectivity index (χ0v) is 22.3. The van der Waals surface area contributed by atoms with Crippen LogP contribution in [0.5, 0.6) is 0 Å². The molecule has 0 unspecified atom stereocenters. The monoisotopic (exact) mass is 506 g/mol. The first-order chi connectivity index (χ1) is 17.1.